The number of amides is 1. The Labute approximate surface area is 143 Å². The number of hydrogen-bond acceptors (Lipinski definition) is 4. The first-order valence-corrected chi connectivity index (χ1v) is 8.41. The number of aromatic nitrogens is 3. The number of rotatable bonds is 5. The van der Waals surface area contributed by atoms with Gasteiger partial charge in [0.1, 0.15) is 11.9 Å². The summed E-state index contributed by atoms with van der Waals surface area (Å²) in [4.78, 5) is 19.8. The molecule has 0 aliphatic heterocycles. The van der Waals surface area contributed by atoms with Crippen LogP contribution in [0.15, 0.2) is 22.7 Å². The Morgan fingerprint density at radius 2 is 2.28 bits per heavy atom. The lowest BCUT2D eigenvalue weighted by Gasteiger charge is -2.10. The van der Waals surface area contributed by atoms with E-state index in [0.717, 1.165) is 35.3 Å². The average molecular weight is 342 g/mol. The number of H-pyrrole nitrogens is 1. The molecule has 2 N–H and O–H groups in total. The maximum Gasteiger partial charge on any atom is 0.248 e. The summed E-state index contributed by atoms with van der Waals surface area (Å²) in [5, 5.41) is 7.56. The van der Waals surface area contributed by atoms with Crippen molar-refractivity contribution in [3.05, 3.63) is 47.0 Å². The minimum absolute atomic E-state index is 0.156. The molecule has 0 radical (unpaired) electrons. The summed E-state index contributed by atoms with van der Waals surface area (Å²) < 4.78 is 19.1. The fourth-order valence-corrected chi connectivity index (χ4v) is 3.04. The quantitative estimate of drug-likeness (QED) is 0.745. The Bertz CT molecular complexity index is 942. The van der Waals surface area contributed by atoms with Crippen LogP contribution in [0.4, 0.5) is 4.39 Å². The highest BCUT2D eigenvalue weighted by Crippen LogP contribution is 2.38. The lowest BCUT2D eigenvalue weighted by molar-refractivity contribution is -0.121. The zero-order valence-corrected chi connectivity index (χ0v) is 14.1. The maximum absolute atomic E-state index is 13.9. The van der Waals surface area contributed by atoms with Crippen LogP contribution in [0.1, 0.15) is 54.7 Å². The molecule has 1 amide bonds. The monoisotopic (exact) mass is 342 g/mol. The maximum atomic E-state index is 13.9. The third-order valence-corrected chi connectivity index (χ3v) is 4.59. The number of fused-ring (bicyclic) bond motifs is 1. The van der Waals surface area contributed by atoms with Gasteiger partial charge in [-0.25, -0.2) is 4.39 Å². The minimum atomic E-state index is -0.366. The molecule has 1 saturated carbocycles. The van der Waals surface area contributed by atoms with Gasteiger partial charge < -0.3 is 14.8 Å². The first-order chi connectivity index (χ1) is 12.0. The number of halogens is 1. The van der Waals surface area contributed by atoms with Crippen LogP contribution in [0.5, 0.6) is 0 Å². The highest BCUT2D eigenvalue weighted by Gasteiger charge is 2.30. The Hall–Kier alpha value is -2.70. The van der Waals surface area contributed by atoms with Crippen molar-refractivity contribution in [2.75, 3.05) is 0 Å². The second-order valence-corrected chi connectivity index (χ2v) is 6.62. The summed E-state index contributed by atoms with van der Waals surface area (Å²) in [5.74, 6) is 1.05. The average Bonchev–Trinajstić information content (AvgIpc) is 3.22. The molecule has 1 aromatic carbocycles. The smallest absolute Gasteiger partial charge is 0.248 e. The highest BCUT2D eigenvalue weighted by molar-refractivity contribution is 5.90. The number of benzene rings is 1. The van der Waals surface area contributed by atoms with Crippen molar-refractivity contribution >= 4 is 16.8 Å². The van der Waals surface area contributed by atoms with E-state index in [2.05, 4.69) is 20.4 Å². The van der Waals surface area contributed by atoms with E-state index in [9.17, 15) is 9.18 Å². The second kappa shape index (κ2) is 5.98. The van der Waals surface area contributed by atoms with E-state index in [1.54, 1.807) is 6.07 Å². The van der Waals surface area contributed by atoms with Crippen LogP contribution in [0.25, 0.3) is 10.9 Å². The highest BCUT2D eigenvalue weighted by atomic mass is 19.1. The molecule has 130 valence electrons. The number of aryl methyl sites for hydroxylation is 1. The van der Waals surface area contributed by atoms with Crippen LogP contribution in [0.2, 0.25) is 0 Å². The molecule has 1 atom stereocenters. The molecule has 25 heavy (non-hydrogen) atoms. The summed E-state index contributed by atoms with van der Waals surface area (Å²) in [5.41, 5.74) is 2.02. The second-order valence-electron chi connectivity index (χ2n) is 6.62. The third-order valence-electron chi connectivity index (χ3n) is 4.59. The van der Waals surface area contributed by atoms with Gasteiger partial charge in [0.2, 0.25) is 11.8 Å². The van der Waals surface area contributed by atoms with E-state index >= 15 is 0 Å². The molecule has 1 fully saturated rings. The number of aromatic amines is 1. The van der Waals surface area contributed by atoms with Gasteiger partial charge in [0, 0.05) is 17.0 Å². The van der Waals surface area contributed by atoms with Gasteiger partial charge in [-0.05, 0) is 38.3 Å². The first-order valence-electron chi connectivity index (χ1n) is 8.41. The SMILES string of the molecule is Cc1[nH]c2c(F)cccc2c1CC(=O)N[C@H](C)c1nc(C2CC2)no1. The van der Waals surface area contributed by atoms with Crippen molar-refractivity contribution in [2.24, 2.45) is 0 Å². The van der Waals surface area contributed by atoms with Gasteiger partial charge in [0.25, 0.3) is 0 Å². The van der Waals surface area contributed by atoms with Crippen LogP contribution in [-0.4, -0.2) is 21.0 Å². The predicted octanol–water partition coefficient (Wildman–Crippen LogP) is 3.30. The van der Waals surface area contributed by atoms with Gasteiger partial charge in [-0.15, -0.1) is 0 Å². The van der Waals surface area contributed by atoms with Crippen molar-refractivity contribution in [1.29, 1.82) is 0 Å². The lowest BCUT2D eigenvalue weighted by atomic mass is 10.1. The number of hydrogen-bond donors (Lipinski definition) is 2. The first kappa shape index (κ1) is 15.8. The van der Waals surface area contributed by atoms with Crippen LogP contribution >= 0.6 is 0 Å². The fourth-order valence-electron chi connectivity index (χ4n) is 3.04. The zero-order valence-electron chi connectivity index (χ0n) is 14.1. The normalized spacial score (nSPS) is 15.5. The molecular weight excluding hydrogens is 323 g/mol. The van der Waals surface area contributed by atoms with E-state index < -0.39 is 0 Å². The molecule has 0 spiro atoms. The summed E-state index contributed by atoms with van der Waals surface area (Å²) in [7, 11) is 0. The molecule has 6 nitrogen and oxygen atoms in total. The molecule has 2 aromatic heterocycles. The lowest BCUT2D eigenvalue weighted by Crippen LogP contribution is -2.28. The van der Waals surface area contributed by atoms with Crippen molar-refractivity contribution in [1.82, 2.24) is 20.4 Å². The summed E-state index contributed by atoms with van der Waals surface area (Å²) in [6.07, 6.45) is 2.34. The number of para-hydroxylation sites is 1. The number of carbonyl (C=O) groups excluding carboxylic acids is 1. The van der Waals surface area contributed by atoms with Crippen molar-refractivity contribution < 1.29 is 13.7 Å². The van der Waals surface area contributed by atoms with Crippen LogP contribution in [-0.2, 0) is 11.2 Å². The Morgan fingerprint density at radius 1 is 1.48 bits per heavy atom. The number of nitrogens with zero attached hydrogens (tertiary/aromatic N) is 2. The predicted molar refractivity (Wildman–Crippen MR) is 89.5 cm³/mol. The van der Waals surface area contributed by atoms with Gasteiger partial charge in [-0.2, -0.15) is 4.98 Å². The standard InChI is InChI=1S/C18H19FN4O2/c1-9-13(12-4-3-5-14(19)16(12)21-9)8-15(24)20-10(2)18-22-17(23-25-18)11-6-7-11/h3-5,10-11,21H,6-8H2,1-2H3,(H,20,24)/t10-/m1/s1. The molecule has 1 aliphatic carbocycles. The Morgan fingerprint density at radius 3 is 3.04 bits per heavy atom. The molecule has 7 heteroatoms. The molecule has 2 heterocycles. The van der Waals surface area contributed by atoms with Gasteiger partial charge in [-0.3, -0.25) is 4.79 Å². The fraction of sp³-hybridized carbons (Fsp3) is 0.389. The molecular formula is C18H19FN4O2. The largest absolute Gasteiger partial charge is 0.356 e. The molecule has 0 saturated heterocycles. The van der Waals surface area contributed by atoms with Gasteiger partial charge in [-0.1, -0.05) is 17.3 Å². The van der Waals surface area contributed by atoms with E-state index in [1.165, 1.54) is 6.07 Å². The number of carbonyl (C=O) groups is 1. The Balaban J connectivity index is 1.48. The third kappa shape index (κ3) is 3.01. The minimum Gasteiger partial charge on any atom is -0.356 e. The molecule has 3 aromatic rings. The van der Waals surface area contributed by atoms with Crippen molar-refractivity contribution in [3.8, 4) is 0 Å². The summed E-state index contributed by atoms with van der Waals surface area (Å²) >= 11 is 0. The Kier molecular flexibility index (Phi) is 3.78. The number of nitrogens with one attached hydrogen (secondary N) is 2. The van der Waals surface area contributed by atoms with Crippen molar-refractivity contribution in [2.45, 2.75) is 45.1 Å². The van der Waals surface area contributed by atoms with E-state index in [4.69, 9.17) is 4.52 Å². The molecule has 4 rings (SSSR count). The van der Waals surface area contributed by atoms with Crippen LogP contribution < -0.4 is 5.32 Å². The van der Waals surface area contributed by atoms with Gasteiger partial charge >= 0.3 is 0 Å². The van der Waals surface area contributed by atoms with E-state index in [0.29, 0.717) is 17.3 Å². The van der Waals surface area contributed by atoms with Crippen LogP contribution in [0, 0.1) is 12.7 Å². The van der Waals surface area contributed by atoms with Crippen molar-refractivity contribution in [3.63, 3.8) is 0 Å². The zero-order chi connectivity index (χ0) is 17.6. The summed E-state index contributed by atoms with van der Waals surface area (Å²) in [6.45, 7) is 3.65. The topological polar surface area (TPSA) is 83.8 Å². The van der Waals surface area contributed by atoms with E-state index in [1.807, 2.05) is 19.9 Å². The van der Waals surface area contributed by atoms with E-state index in [-0.39, 0.29) is 24.2 Å². The summed E-state index contributed by atoms with van der Waals surface area (Å²) in [6, 6.07) is 4.49. The van der Waals surface area contributed by atoms with Crippen LogP contribution in [0.3, 0.4) is 0 Å². The molecule has 1 aliphatic rings. The van der Waals surface area contributed by atoms with Gasteiger partial charge in [0.05, 0.1) is 11.9 Å². The molecule has 0 bridgehead atoms. The molecule has 0 unspecified atom stereocenters. The van der Waals surface area contributed by atoms with Gasteiger partial charge in [0.15, 0.2) is 5.82 Å².